The lowest BCUT2D eigenvalue weighted by Crippen LogP contribution is -2.46. The lowest BCUT2D eigenvalue weighted by molar-refractivity contribution is -0.133. The van der Waals surface area contributed by atoms with E-state index in [1.807, 2.05) is 17.0 Å². The van der Waals surface area contributed by atoms with Crippen molar-refractivity contribution < 1.29 is 4.79 Å². The second-order valence-electron chi connectivity index (χ2n) is 5.80. The van der Waals surface area contributed by atoms with Gasteiger partial charge in [-0.15, -0.1) is 0 Å². The van der Waals surface area contributed by atoms with E-state index in [0.717, 1.165) is 31.4 Å². The molecule has 3 nitrogen and oxygen atoms in total. The normalized spacial score (nSPS) is 29.4. The summed E-state index contributed by atoms with van der Waals surface area (Å²) in [5, 5.41) is 1.29. The molecule has 0 aromatic heterocycles. The van der Waals surface area contributed by atoms with Gasteiger partial charge in [0.05, 0.1) is 0 Å². The molecular formula is C15H18Cl2N2O. The monoisotopic (exact) mass is 312 g/mol. The van der Waals surface area contributed by atoms with Crippen LogP contribution in [0.15, 0.2) is 18.2 Å². The molecule has 20 heavy (non-hydrogen) atoms. The highest BCUT2D eigenvalue weighted by molar-refractivity contribution is 6.35. The van der Waals surface area contributed by atoms with Crippen molar-refractivity contribution in [2.24, 2.45) is 11.7 Å². The van der Waals surface area contributed by atoms with Crippen molar-refractivity contribution in [3.05, 3.63) is 33.8 Å². The number of carbonyl (C=O) groups excluding carboxylic acids is 1. The van der Waals surface area contributed by atoms with Crippen LogP contribution in [0.5, 0.6) is 0 Å². The molecule has 3 unspecified atom stereocenters. The van der Waals surface area contributed by atoms with E-state index in [-0.39, 0.29) is 23.8 Å². The zero-order valence-electron chi connectivity index (χ0n) is 11.2. The molecule has 1 saturated heterocycles. The number of carbonyl (C=O) groups is 1. The summed E-state index contributed by atoms with van der Waals surface area (Å²) >= 11 is 12.1. The standard InChI is InChI=1S/C15H18Cl2N2O/c16-9-3-4-11(14(17)6-9)12-7-13(12)15(20)19-5-1-2-10(18)8-19/h3-4,6,10,12-13H,1-2,5,7-8,18H2. The summed E-state index contributed by atoms with van der Waals surface area (Å²) in [6.07, 6.45) is 2.90. The summed E-state index contributed by atoms with van der Waals surface area (Å²) in [6, 6.07) is 5.64. The summed E-state index contributed by atoms with van der Waals surface area (Å²) < 4.78 is 0. The first kappa shape index (κ1) is 14.2. The Bertz CT molecular complexity index is 535. The quantitative estimate of drug-likeness (QED) is 0.912. The number of rotatable bonds is 2. The predicted octanol–water partition coefficient (Wildman–Crippen LogP) is 3.05. The molecular weight excluding hydrogens is 295 g/mol. The van der Waals surface area contributed by atoms with Gasteiger partial charge < -0.3 is 10.6 Å². The van der Waals surface area contributed by atoms with Crippen LogP contribution in [-0.4, -0.2) is 29.9 Å². The Kier molecular flexibility index (Phi) is 3.93. The van der Waals surface area contributed by atoms with E-state index in [0.29, 0.717) is 16.6 Å². The maximum absolute atomic E-state index is 12.5. The molecule has 2 fully saturated rings. The molecule has 1 aromatic rings. The smallest absolute Gasteiger partial charge is 0.226 e. The molecule has 0 radical (unpaired) electrons. The molecule has 1 saturated carbocycles. The van der Waals surface area contributed by atoms with E-state index in [2.05, 4.69) is 0 Å². The Balaban J connectivity index is 1.67. The van der Waals surface area contributed by atoms with Crippen LogP contribution in [0.25, 0.3) is 0 Å². The highest BCUT2D eigenvalue weighted by Gasteiger charge is 2.46. The van der Waals surface area contributed by atoms with Crippen molar-refractivity contribution >= 4 is 29.1 Å². The Hall–Kier alpha value is -0.770. The zero-order chi connectivity index (χ0) is 14.3. The zero-order valence-corrected chi connectivity index (χ0v) is 12.7. The number of piperidine rings is 1. The second kappa shape index (κ2) is 5.55. The molecule has 1 aliphatic heterocycles. The first-order valence-electron chi connectivity index (χ1n) is 7.05. The summed E-state index contributed by atoms with van der Waals surface area (Å²) in [5.74, 6) is 0.542. The Morgan fingerprint density at radius 2 is 2.15 bits per heavy atom. The Labute approximate surface area is 129 Å². The van der Waals surface area contributed by atoms with Gasteiger partial charge in [0.15, 0.2) is 0 Å². The fourth-order valence-electron chi connectivity index (χ4n) is 3.06. The Morgan fingerprint density at radius 1 is 1.35 bits per heavy atom. The lowest BCUT2D eigenvalue weighted by atomic mass is 10.0. The number of hydrogen-bond acceptors (Lipinski definition) is 2. The van der Waals surface area contributed by atoms with Crippen LogP contribution in [0.4, 0.5) is 0 Å². The molecule has 2 aliphatic rings. The van der Waals surface area contributed by atoms with Gasteiger partial charge in [0.2, 0.25) is 5.91 Å². The van der Waals surface area contributed by atoms with E-state index < -0.39 is 0 Å². The second-order valence-corrected chi connectivity index (χ2v) is 6.64. The summed E-state index contributed by atoms with van der Waals surface area (Å²) in [7, 11) is 0. The molecule has 2 N–H and O–H groups in total. The van der Waals surface area contributed by atoms with Gasteiger partial charge in [-0.05, 0) is 42.9 Å². The van der Waals surface area contributed by atoms with Gasteiger partial charge in [0.1, 0.15) is 0 Å². The summed E-state index contributed by atoms with van der Waals surface area (Å²) in [6.45, 7) is 1.53. The van der Waals surface area contributed by atoms with Crippen LogP contribution in [-0.2, 0) is 4.79 Å². The third kappa shape index (κ3) is 2.80. The van der Waals surface area contributed by atoms with E-state index in [9.17, 15) is 4.79 Å². The van der Waals surface area contributed by atoms with Crippen LogP contribution in [0.3, 0.4) is 0 Å². The number of nitrogens with two attached hydrogens (primary N) is 1. The molecule has 3 rings (SSSR count). The van der Waals surface area contributed by atoms with Crippen LogP contribution in [0, 0.1) is 5.92 Å². The van der Waals surface area contributed by atoms with Gasteiger partial charge in [-0.2, -0.15) is 0 Å². The number of halogens is 2. The third-order valence-corrected chi connectivity index (χ3v) is 4.80. The maximum atomic E-state index is 12.5. The van der Waals surface area contributed by atoms with Crippen LogP contribution < -0.4 is 5.73 Å². The average molecular weight is 313 g/mol. The van der Waals surface area contributed by atoms with Crippen molar-refractivity contribution in [1.82, 2.24) is 4.90 Å². The van der Waals surface area contributed by atoms with Crippen molar-refractivity contribution in [2.45, 2.75) is 31.2 Å². The van der Waals surface area contributed by atoms with Gasteiger partial charge in [-0.1, -0.05) is 29.3 Å². The number of hydrogen-bond donors (Lipinski definition) is 1. The van der Waals surface area contributed by atoms with Gasteiger partial charge in [0.25, 0.3) is 0 Å². The number of nitrogens with zero attached hydrogens (tertiary/aromatic N) is 1. The highest BCUT2D eigenvalue weighted by Crippen LogP contribution is 2.50. The van der Waals surface area contributed by atoms with Gasteiger partial charge in [-0.3, -0.25) is 4.79 Å². The first-order chi connectivity index (χ1) is 9.56. The van der Waals surface area contributed by atoms with Crippen molar-refractivity contribution in [3.63, 3.8) is 0 Å². The SMILES string of the molecule is NC1CCCN(C(=O)C2CC2c2ccc(Cl)cc2Cl)C1. The minimum atomic E-state index is 0.0685. The number of benzene rings is 1. The van der Waals surface area contributed by atoms with Gasteiger partial charge in [-0.25, -0.2) is 0 Å². The van der Waals surface area contributed by atoms with E-state index >= 15 is 0 Å². The van der Waals surface area contributed by atoms with Crippen molar-refractivity contribution in [3.8, 4) is 0 Å². The molecule has 1 heterocycles. The van der Waals surface area contributed by atoms with E-state index in [1.54, 1.807) is 6.07 Å². The average Bonchev–Trinajstić information content (AvgIpc) is 3.18. The molecule has 1 aliphatic carbocycles. The molecule has 1 amide bonds. The molecule has 108 valence electrons. The molecule has 0 spiro atoms. The summed E-state index contributed by atoms with van der Waals surface area (Å²) in [5.41, 5.74) is 6.98. The summed E-state index contributed by atoms with van der Waals surface area (Å²) in [4.78, 5) is 14.4. The topological polar surface area (TPSA) is 46.3 Å². The minimum Gasteiger partial charge on any atom is -0.341 e. The highest BCUT2D eigenvalue weighted by atomic mass is 35.5. The number of likely N-dealkylation sites (tertiary alicyclic amines) is 1. The van der Waals surface area contributed by atoms with Crippen LogP contribution in [0.2, 0.25) is 10.0 Å². The molecule has 5 heteroatoms. The predicted molar refractivity (Wildman–Crippen MR) is 81.1 cm³/mol. The fourth-order valence-corrected chi connectivity index (χ4v) is 3.61. The lowest BCUT2D eigenvalue weighted by Gasteiger charge is -2.31. The van der Waals surface area contributed by atoms with E-state index in [1.165, 1.54) is 0 Å². The number of amides is 1. The third-order valence-electron chi connectivity index (χ3n) is 4.24. The van der Waals surface area contributed by atoms with Crippen LogP contribution in [0.1, 0.15) is 30.7 Å². The minimum absolute atomic E-state index is 0.0685. The van der Waals surface area contributed by atoms with Crippen molar-refractivity contribution in [1.29, 1.82) is 0 Å². The first-order valence-corrected chi connectivity index (χ1v) is 7.81. The molecule has 1 aromatic carbocycles. The molecule has 0 bridgehead atoms. The maximum Gasteiger partial charge on any atom is 0.226 e. The fraction of sp³-hybridized carbons (Fsp3) is 0.533. The Morgan fingerprint density at radius 3 is 2.85 bits per heavy atom. The molecule has 3 atom stereocenters. The van der Waals surface area contributed by atoms with Crippen LogP contribution >= 0.6 is 23.2 Å². The van der Waals surface area contributed by atoms with Gasteiger partial charge in [0, 0.05) is 35.1 Å². The largest absolute Gasteiger partial charge is 0.341 e. The van der Waals surface area contributed by atoms with Crippen molar-refractivity contribution in [2.75, 3.05) is 13.1 Å². The van der Waals surface area contributed by atoms with E-state index in [4.69, 9.17) is 28.9 Å². The van der Waals surface area contributed by atoms with Gasteiger partial charge >= 0.3 is 0 Å².